The molecule has 1 N–H and O–H groups in total. The number of rotatable bonds is 7. The van der Waals surface area contributed by atoms with Crippen LogP contribution in [0.25, 0.3) is 0 Å². The van der Waals surface area contributed by atoms with Crippen molar-refractivity contribution in [3.05, 3.63) is 64.1 Å². The summed E-state index contributed by atoms with van der Waals surface area (Å²) in [5.74, 6) is 0.136. The Hall–Kier alpha value is -2.81. The molecule has 0 bridgehead atoms. The van der Waals surface area contributed by atoms with Crippen LogP contribution in [0.15, 0.2) is 36.4 Å². The molecule has 1 aliphatic rings. The van der Waals surface area contributed by atoms with Crippen LogP contribution >= 0.6 is 11.6 Å². The molecule has 10 heteroatoms. The van der Waals surface area contributed by atoms with Gasteiger partial charge < -0.3 is 5.32 Å². The number of amides is 1. The Morgan fingerprint density at radius 3 is 2.61 bits per heavy atom. The summed E-state index contributed by atoms with van der Waals surface area (Å²) in [5.41, 5.74) is 1.37. The van der Waals surface area contributed by atoms with Gasteiger partial charge in [0, 0.05) is 41.4 Å². The van der Waals surface area contributed by atoms with E-state index in [0.717, 1.165) is 30.2 Å². The van der Waals surface area contributed by atoms with Gasteiger partial charge in [0.05, 0.1) is 6.54 Å². The zero-order chi connectivity index (χ0) is 22.2. The number of anilines is 1. The van der Waals surface area contributed by atoms with Crippen LogP contribution in [0.3, 0.4) is 0 Å². The third-order valence-corrected chi connectivity index (χ3v) is 5.54. The smallest absolute Gasteiger partial charge is 0.309 e. The Bertz CT molecular complexity index is 1100. The predicted octanol–water partition coefficient (Wildman–Crippen LogP) is 5.01. The monoisotopic (exact) mass is 451 g/mol. The van der Waals surface area contributed by atoms with E-state index in [2.05, 4.69) is 15.5 Å². The number of halogens is 4. The lowest BCUT2D eigenvalue weighted by atomic mass is 10.2. The third-order valence-electron chi connectivity index (χ3n) is 5.17. The van der Waals surface area contributed by atoms with Gasteiger partial charge in [0.2, 0.25) is 5.91 Å². The van der Waals surface area contributed by atoms with E-state index in [9.17, 15) is 18.0 Å². The average molecular weight is 452 g/mol. The van der Waals surface area contributed by atoms with Crippen LogP contribution in [0.5, 0.6) is 0 Å². The van der Waals surface area contributed by atoms with Crippen molar-refractivity contribution in [1.29, 1.82) is 0 Å². The van der Waals surface area contributed by atoms with E-state index in [4.69, 9.17) is 11.6 Å². The number of aryl methyl sites for hydroxylation is 2. The van der Waals surface area contributed by atoms with Crippen molar-refractivity contribution in [2.45, 2.75) is 51.4 Å². The van der Waals surface area contributed by atoms with Crippen LogP contribution in [0.1, 0.15) is 47.8 Å². The molecule has 2 heterocycles. The van der Waals surface area contributed by atoms with E-state index < -0.39 is 11.9 Å². The van der Waals surface area contributed by atoms with Gasteiger partial charge >= 0.3 is 6.18 Å². The quantitative estimate of drug-likeness (QED) is 0.549. The molecule has 4 rings (SSSR count). The standard InChI is InChI=1S/C21H21ClF3N5O/c1-13-10-19(28-30(13)12-15-4-2-3-5-16(15)22)26-20(31)8-9-29-17(14-6-7-14)11-18(27-29)21(23,24)25/h2-5,10-11,14H,6-9,12H2,1H3,(H,26,28,31). The van der Waals surface area contributed by atoms with Crippen molar-refractivity contribution in [2.75, 3.05) is 5.32 Å². The van der Waals surface area contributed by atoms with Crippen molar-refractivity contribution in [2.24, 2.45) is 0 Å². The van der Waals surface area contributed by atoms with Gasteiger partial charge in [-0.05, 0) is 37.5 Å². The Morgan fingerprint density at radius 2 is 1.94 bits per heavy atom. The van der Waals surface area contributed by atoms with Gasteiger partial charge in [-0.2, -0.15) is 23.4 Å². The number of carbonyl (C=O) groups is 1. The fourth-order valence-electron chi connectivity index (χ4n) is 3.39. The van der Waals surface area contributed by atoms with E-state index in [1.165, 1.54) is 4.68 Å². The molecule has 0 aliphatic heterocycles. The van der Waals surface area contributed by atoms with Crippen molar-refractivity contribution in [3.8, 4) is 0 Å². The Kier molecular flexibility index (Phi) is 5.79. The lowest BCUT2D eigenvalue weighted by molar-refractivity contribution is -0.141. The molecular weight excluding hydrogens is 431 g/mol. The van der Waals surface area contributed by atoms with Crippen molar-refractivity contribution in [1.82, 2.24) is 19.6 Å². The predicted molar refractivity (Wildman–Crippen MR) is 110 cm³/mol. The molecule has 6 nitrogen and oxygen atoms in total. The Labute approximate surface area is 182 Å². The molecule has 1 aromatic carbocycles. The zero-order valence-corrected chi connectivity index (χ0v) is 17.5. The molecule has 31 heavy (non-hydrogen) atoms. The minimum absolute atomic E-state index is 0.00484. The molecule has 1 aliphatic carbocycles. The average Bonchev–Trinajstić information content (AvgIpc) is 3.35. The highest BCUT2D eigenvalue weighted by molar-refractivity contribution is 6.31. The third kappa shape index (κ3) is 5.10. The van der Waals surface area contributed by atoms with Gasteiger partial charge in [0.15, 0.2) is 11.5 Å². The summed E-state index contributed by atoms with van der Waals surface area (Å²) >= 11 is 6.20. The lowest BCUT2D eigenvalue weighted by Crippen LogP contribution is -2.17. The zero-order valence-electron chi connectivity index (χ0n) is 16.8. The van der Waals surface area contributed by atoms with Gasteiger partial charge in [0.1, 0.15) is 0 Å². The topological polar surface area (TPSA) is 64.7 Å². The van der Waals surface area contributed by atoms with E-state index in [1.807, 2.05) is 25.1 Å². The number of hydrogen-bond donors (Lipinski definition) is 1. The molecule has 0 unspecified atom stereocenters. The van der Waals surface area contributed by atoms with E-state index in [-0.39, 0.29) is 24.8 Å². The molecule has 1 amide bonds. The van der Waals surface area contributed by atoms with Gasteiger partial charge in [-0.1, -0.05) is 29.8 Å². The molecule has 164 valence electrons. The molecule has 0 atom stereocenters. The summed E-state index contributed by atoms with van der Waals surface area (Å²) in [6, 6.07) is 10.3. The summed E-state index contributed by atoms with van der Waals surface area (Å²) in [4.78, 5) is 12.4. The number of nitrogens with one attached hydrogen (secondary N) is 1. The number of alkyl halides is 3. The second-order valence-corrected chi connectivity index (χ2v) is 8.08. The maximum absolute atomic E-state index is 13.0. The summed E-state index contributed by atoms with van der Waals surface area (Å²) in [7, 11) is 0. The SMILES string of the molecule is Cc1cc(NC(=O)CCn2nc(C(F)(F)F)cc2C2CC2)nn1Cc1ccccc1Cl. The van der Waals surface area contributed by atoms with Gasteiger partial charge in [-0.25, -0.2) is 0 Å². The molecule has 2 aromatic heterocycles. The summed E-state index contributed by atoms with van der Waals surface area (Å²) in [5, 5.41) is 11.4. The van der Waals surface area contributed by atoms with Gasteiger partial charge in [-0.3, -0.25) is 14.2 Å². The second kappa shape index (κ2) is 8.37. The molecule has 0 saturated heterocycles. The normalized spacial score (nSPS) is 14.1. The van der Waals surface area contributed by atoms with Crippen LogP contribution < -0.4 is 5.32 Å². The van der Waals surface area contributed by atoms with Gasteiger partial charge in [0.25, 0.3) is 0 Å². The molecule has 1 saturated carbocycles. The minimum atomic E-state index is -4.50. The fraction of sp³-hybridized carbons (Fsp3) is 0.381. The maximum atomic E-state index is 13.0. The number of aromatic nitrogens is 4. The highest BCUT2D eigenvalue weighted by Crippen LogP contribution is 2.42. The molecule has 0 radical (unpaired) electrons. The van der Waals surface area contributed by atoms with Crippen LogP contribution in [-0.4, -0.2) is 25.5 Å². The first-order valence-electron chi connectivity index (χ1n) is 9.93. The summed E-state index contributed by atoms with van der Waals surface area (Å²) in [6.07, 6.45) is -2.81. The lowest BCUT2D eigenvalue weighted by Gasteiger charge is -2.07. The van der Waals surface area contributed by atoms with Crippen LogP contribution in [-0.2, 0) is 24.1 Å². The van der Waals surface area contributed by atoms with Crippen LogP contribution in [0.2, 0.25) is 5.02 Å². The minimum Gasteiger partial charge on any atom is -0.309 e. The number of nitrogens with zero attached hydrogens (tertiary/aromatic N) is 4. The van der Waals surface area contributed by atoms with Gasteiger partial charge in [-0.15, -0.1) is 0 Å². The first-order valence-corrected chi connectivity index (χ1v) is 10.3. The Balaban J connectivity index is 1.39. The van der Waals surface area contributed by atoms with Crippen molar-refractivity contribution in [3.63, 3.8) is 0 Å². The molecule has 1 fully saturated rings. The first-order chi connectivity index (χ1) is 14.7. The highest BCUT2D eigenvalue weighted by atomic mass is 35.5. The van der Waals surface area contributed by atoms with Crippen LogP contribution in [0, 0.1) is 6.92 Å². The number of benzene rings is 1. The van der Waals surface area contributed by atoms with E-state index in [1.54, 1.807) is 16.8 Å². The largest absolute Gasteiger partial charge is 0.435 e. The summed E-state index contributed by atoms with van der Waals surface area (Å²) in [6.45, 7) is 2.40. The number of hydrogen-bond acceptors (Lipinski definition) is 3. The highest BCUT2D eigenvalue weighted by Gasteiger charge is 2.37. The Morgan fingerprint density at radius 1 is 1.19 bits per heavy atom. The van der Waals surface area contributed by atoms with E-state index >= 15 is 0 Å². The number of carbonyl (C=O) groups excluding carboxylic acids is 1. The van der Waals surface area contributed by atoms with Crippen molar-refractivity contribution < 1.29 is 18.0 Å². The van der Waals surface area contributed by atoms with Crippen molar-refractivity contribution >= 4 is 23.3 Å². The molecule has 3 aromatic rings. The maximum Gasteiger partial charge on any atom is 0.435 e. The second-order valence-electron chi connectivity index (χ2n) is 7.67. The first kappa shape index (κ1) is 21.4. The summed E-state index contributed by atoms with van der Waals surface area (Å²) < 4.78 is 42.0. The van der Waals surface area contributed by atoms with E-state index in [0.29, 0.717) is 23.1 Å². The van der Waals surface area contributed by atoms with Crippen LogP contribution in [0.4, 0.5) is 19.0 Å². The fourth-order valence-corrected chi connectivity index (χ4v) is 3.58. The molecular formula is C21H21ClF3N5O. The molecule has 0 spiro atoms.